The first-order chi connectivity index (χ1) is 8.03. The molecule has 5 heteroatoms. The normalized spacial score (nSPS) is 11.1. The van der Waals surface area contributed by atoms with Gasteiger partial charge in [-0.3, -0.25) is 10.1 Å². The summed E-state index contributed by atoms with van der Waals surface area (Å²) in [5, 5.41) is 11.4. The Bertz CT molecular complexity index is 573. The number of H-pyrrole nitrogens is 1. The second-order valence-electron chi connectivity index (χ2n) is 4.29. The molecule has 2 aromatic rings. The number of rotatable bonds is 2. The summed E-state index contributed by atoms with van der Waals surface area (Å²) in [6.07, 6.45) is 0. The van der Waals surface area contributed by atoms with Crippen LogP contribution in [0, 0.1) is 16.7 Å². The number of hydrogen-bond acceptors (Lipinski definition) is 3. The lowest BCUT2D eigenvalue weighted by Crippen LogP contribution is -2.29. The first-order valence-electron chi connectivity index (χ1n) is 5.20. The lowest BCUT2D eigenvalue weighted by molar-refractivity contribution is -0.121. The van der Waals surface area contributed by atoms with Crippen LogP contribution in [0.5, 0.6) is 0 Å². The minimum atomic E-state index is -1.07. The van der Waals surface area contributed by atoms with Crippen LogP contribution in [0.4, 0.5) is 5.95 Å². The summed E-state index contributed by atoms with van der Waals surface area (Å²) < 4.78 is 0. The summed E-state index contributed by atoms with van der Waals surface area (Å²) in [7, 11) is 0. The zero-order valence-corrected chi connectivity index (χ0v) is 9.61. The second-order valence-corrected chi connectivity index (χ2v) is 4.29. The molecule has 5 nitrogen and oxygen atoms in total. The Morgan fingerprint density at radius 1 is 1.47 bits per heavy atom. The number of nitriles is 1. The molecule has 0 unspecified atom stereocenters. The van der Waals surface area contributed by atoms with Gasteiger partial charge in [0.05, 0.1) is 17.1 Å². The molecular weight excluding hydrogens is 216 g/mol. The van der Waals surface area contributed by atoms with Gasteiger partial charge in [-0.05, 0) is 26.0 Å². The number of anilines is 1. The van der Waals surface area contributed by atoms with E-state index in [0.29, 0.717) is 5.95 Å². The van der Waals surface area contributed by atoms with Crippen LogP contribution in [-0.2, 0) is 4.79 Å². The molecule has 1 amide bonds. The summed E-state index contributed by atoms with van der Waals surface area (Å²) in [4.78, 5) is 18.9. The van der Waals surface area contributed by atoms with Crippen molar-refractivity contribution < 1.29 is 4.79 Å². The number of carbonyl (C=O) groups excluding carboxylic acids is 1. The van der Waals surface area contributed by atoms with Crippen molar-refractivity contribution >= 4 is 22.9 Å². The van der Waals surface area contributed by atoms with E-state index in [9.17, 15) is 4.79 Å². The summed E-state index contributed by atoms with van der Waals surface area (Å²) in [6, 6.07) is 9.40. The van der Waals surface area contributed by atoms with Crippen LogP contribution in [0.25, 0.3) is 11.0 Å². The van der Waals surface area contributed by atoms with E-state index in [2.05, 4.69) is 15.3 Å². The number of amides is 1. The maximum absolute atomic E-state index is 11.7. The van der Waals surface area contributed by atoms with E-state index in [1.807, 2.05) is 30.3 Å². The minimum absolute atomic E-state index is 0.361. The van der Waals surface area contributed by atoms with E-state index in [1.54, 1.807) is 13.8 Å². The van der Waals surface area contributed by atoms with Gasteiger partial charge in [-0.25, -0.2) is 4.98 Å². The average Bonchev–Trinajstić information content (AvgIpc) is 2.70. The Kier molecular flexibility index (Phi) is 2.56. The SMILES string of the molecule is CC(C)(C#N)C(=O)Nc1nc2ccccc2[nH]1. The summed E-state index contributed by atoms with van der Waals surface area (Å²) in [5.74, 6) is -0.0152. The highest BCUT2D eigenvalue weighted by Gasteiger charge is 2.27. The third kappa shape index (κ3) is 2.11. The number of carbonyl (C=O) groups is 1. The fourth-order valence-corrected chi connectivity index (χ4v) is 1.33. The number of imidazole rings is 1. The van der Waals surface area contributed by atoms with Crippen molar-refractivity contribution in [3.05, 3.63) is 24.3 Å². The van der Waals surface area contributed by atoms with Gasteiger partial charge in [-0.15, -0.1) is 0 Å². The molecule has 0 aliphatic carbocycles. The molecule has 2 N–H and O–H groups in total. The molecule has 0 atom stereocenters. The Labute approximate surface area is 98.5 Å². The molecule has 0 fully saturated rings. The number of aromatic amines is 1. The Morgan fingerprint density at radius 2 is 2.18 bits per heavy atom. The van der Waals surface area contributed by atoms with Crippen molar-refractivity contribution in [3.8, 4) is 6.07 Å². The molecule has 0 aliphatic heterocycles. The van der Waals surface area contributed by atoms with Crippen molar-refractivity contribution in [1.29, 1.82) is 5.26 Å². The maximum Gasteiger partial charge on any atom is 0.246 e. The molecule has 1 heterocycles. The van der Waals surface area contributed by atoms with E-state index in [1.165, 1.54) is 0 Å². The monoisotopic (exact) mass is 228 g/mol. The van der Waals surface area contributed by atoms with Gasteiger partial charge in [0.15, 0.2) is 0 Å². The number of nitrogens with one attached hydrogen (secondary N) is 2. The maximum atomic E-state index is 11.7. The molecule has 1 aromatic carbocycles. The van der Waals surface area contributed by atoms with Gasteiger partial charge in [0.25, 0.3) is 0 Å². The van der Waals surface area contributed by atoms with Crippen molar-refractivity contribution in [2.45, 2.75) is 13.8 Å². The zero-order chi connectivity index (χ0) is 12.5. The molecule has 2 rings (SSSR count). The fraction of sp³-hybridized carbons (Fsp3) is 0.250. The Balaban J connectivity index is 2.25. The average molecular weight is 228 g/mol. The molecule has 0 aliphatic rings. The van der Waals surface area contributed by atoms with Crippen LogP contribution in [0.1, 0.15) is 13.8 Å². The van der Waals surface area contributed by atoms with Gasteiger partial charge in [0, 0.05) is 0 Å². The van der Waals surface area contributed by atoms with Crippen LogP contribution < -0.4 is 5.32 Å². The first kappa shape index (κ1) is 11.1. The molecule has 0 spiro atoms. The van der Waals surface area contributed by atoms with Gasteiger partial charge in [0.2, 0.25) is 11.9 Å². The number of benzene rings is 1. The lowest BCUT2D eigenvalue weighted by Gasteiger charge is -2.12. The van der Waals surface area contributed by atoms with Crippen LogP contribution in [-0.4, -0.2) is 15.9 Å². The van der Waals surface area contributed by atoms with Crippen LogP contribution in [0.3, 0.4) is 0 Å². The molecular formula is C12H12N4O. The summed E-state index contributed by atoms with van der Waals surface area (Å²) in [5.41, 5.74) is 0.550. The van der Waals surface area contributed by atoms with E-state index in [4.69, 9.17) is 5.26 Å². The highest BCUT2D eigenvalue weighted by molar-refractivity contribution is 5.96. The molecule has 0 bridgehead atoms. The van der Waals surface area contributed by atoms with Crippen molar-refractivity contribution in [1.82, 2.24) is 9.97 Å². The van der Waals surface area contributed by atoms with Crippen molar-refractivity contribution in [2.75, 3.05) is 5.32 Å². The van der Waals surface area contributed by atoms with Crippen LogP contribution in [0.15, 0.2) is 24.3 Å². The number of aromatic nitrogens is 2. The zero-order valence-electron chi connectivity index (χ0n) is 9.61. The topological polar surface area (TPSA) is 81.6 Å². The molecule has 86 valence electrons. The van der Waals surface area contributed by atoms with Crippen LogP contribution in [0.2, 0.25) is 0 Å². The molecule has 1 aromatic heterocycles. The highest BCUT2D eigenvalue weighted by atomic mass is 16.2. The predicted molar refractivity (Wildman–Crippen MR) is 64.1 cm³/mol. The second kappa shape index (κ2) is 3.91. The highest BCUT2D eigenvalue weighted by Crippen LogP contribution is 2.18. The number of fused-ring (bicyclic) bond motifs is 1. The first-order valence-corrected chi connectivity index (χ1v) is 5.20. The van der Waals surface area contributed by atoms with Gasteiger partial charge >= 0.3 is 0 Å². The predicted octanol–water partition coefficient (Wildman–Crippen LogP) is 2.05. The van der Waals surface area contributed by atoms with E-state index >= 15 is 0 Å². The van der Waals surface area contributed by atoms with Gasteiger partial charge in [0.1, 0.15) is 5.41 Å². The van der Waals surface area contributed by atoms with Crippen molar-refractivity contribution in [2.24, 2.45) is 5.41 Å². The summed E-state index contributed by atoms with van der Waals surface area (Å²) >= 11 is 0. The number of nitrogens with zero attached hydrogens (tertiary/aromatic N) is 2. The van der Waals surface area contributed by atoms with Crippen LogP contribution >= 0.6 is 0 Å². The largest absolute Gasteiger partial charge is 0.324 e. The standard InChI is InChI=1S/C12H12N4O/c1-12(2,7-13)10(17)16-11-14-8-5-3-4-6-9(8)15-11/h3-6H,1-2H3,(H2,14,15,16,17). The third-order valence-corrected chi connectivity index (χ3v) is 2.47. The van der Waals surface area contributed by atoms with Gasteiger partial charge < -0.3 is 4.98 Å². The molecule has 0 saturated heterocycles. The Morgan fingerprint density at radius 3 is 2.82 bits per heavy atom. The third-order valence-electron chi connectivity index (χ3n) is 2.47. The molecule has 0 saturated carbocycles. The smallest absolute Gasteiger partial charge is 0.246 e. The quantitative estimate of drug-likeness (QED) is 0.825. The molecule has 0 radical (unpaired) electrons. The van der Waals surface area contributed by atoms with E-state index in [0.717, 1.165) is 11.0 Å². The van der Waals surface area contributed by atoms with E-state index < -0.39 is 5.41 Å². The number of hydrogen-bond donors (Lipinski definition) is 2. The number of para-hydroxylation sites is 2. The minimum Gasteiger partial charge on any atom is -0.324 e. The van der Waals surface area contributed by atoms with E-state index in [-0.39, 0.29) is 5.91 Å². The lowest BCUT2D eigenvalue weighted by atomic mass is 9.95. The van der Waals surface area contributed by atoms with Crippen molar-refractivity contribution in [3.63, 3.8) is 0 Å². The summed E-state index contributed by atoms with van der Waals surface area (Å²) in [6.45, 7) is 3.12. The van der Waals surface area contributed by atoms with Gasteiger partial charge in [-0.1, -0.05) is 12.1 Å². The van der Waals surface area contributed by atoms with Gasteiger partial charge in [-0.2, -0.15) is 5.26 Å². The Hall–Kier alpha value is -2.35. The molecule has 17 heavy (non-hydrogen) atoms. The fourth-order valence-electron chi connectivity index (χ4n) is 1.33.